The minimum Gasteiger partial charge on any atom is -0.481 e. The number of aliphatic carboxylic acids is 2. The molecular formula is C17H15ClN4O8. The Morgan fingerprint density at radius 3 is 2.23 bits per heavy atom. The van der Waals surface area contributed by atoms with Crippen LogP contribution < -0.4 is 0 Å². The number of carbonyl (C=O) groups is 5. The first-order chi connectivity index (χ1) is 14.2. The third-order valence-electron chi connectivity index (χ3n) is 4.06. The average Bonchev–Trinajstić information content (AvgIpc) is 2.66. The van der Waals surface area contributed by atoms with Crippen molar-refractivity contribution in [1.82, 2.24) is 10.0 Å². The molecule has 0 radical (unpaired) electrons. The molecule has 3 amide bonds. The number of amides is 3. The Morgan fingerprint density at radius 1 is 1.07 bits per heavy atom. The minimum absolute atomic E-state index is 0.0704. The largest absolute Gasteiger partial charge is 0.481 e. The summed E-state index contributed by atoms with van der Waals surface area (Å²) in [6.07, 6.45) is -1.38. The van der Waals surface area contributed by atoms with Crippen LogP contribution in [0.1, 0.15) is 12.0 Å². The first-order valence-electron chi connectivity index (χ1n) is 8.18. The lowest BCUT2D eigenvalue weighted by Gasteiger charge is -2.46. The fraction of sp³-hybridized carbons (Fsp3) is 0.235. The van der Waals surface area contributed by atoms with E-state index in [2.05, 4.69) is 9.98 Å². The van der Waals surface area contributed by atoms with Crippen LogP contribution in [0.3, 0.4) is 0 Å². The maximum absolute atomic E-state index is 13.0. The van der Waals surface area contributed by atoms with E-state index in [1.165, 1.54) is 12.1 Å². The van der Waals surface area contributed by atoms with Crippen molar-refractivity contribution in [2.45, 2.75) is 18.6 Å². The summed E-state index contributed by atoms with van der Waals surface area (Å²) in [5, 5.41) is 31.0. The molecule has 0 aliphatic carbocycles. The highest BCUT2D eigenvalue weighted by Gasteiger charge is 2.54. The molecule has 1 aliphatic heterocycles. The summed E-state index contributed by atoms with van der Waals surface area (Å²) in [6, 6.07) is 6.25. The van der Waals surface area contributed by atoms with Gasteiger partial charge in [-0.2, -0.15) is 4.99 Å². The maximum atomic E-state index is 13.0. The molecule has 0 saturated carbocycles. The molecule has 12 nitrogen and oxygen atoms in total. The van der Waals surface area contributed by atoms with Crippen LogP contribution in [0.15, 0.2) is 34.3 Å². The molecule has 0 bridgehead atoms. The summed E-state index contributed by atoms with van der Waals surface area (Å²) < 4.78 is 0. The van der Waals surface area contributed by atoms with Crippen molar-refractivity contribution >= 4 is 53.8 Å². The molecule has 1 heterocycles. The molecule has 2 rings (SSSR count). The lowest BCUT2D eigenvalue weighted by Crippen LogP contribution is -2.70. The molecule has 1 aromatic rings. The van der Waals surface area contributed by atoms with E-state index in [1.807, 2.05) is 0 Å². The van der Waals surface area contributed by atoms with Gasteiger partial charge in [-0.25, -0.2) is 10.0 Å². The Kier molecular flexibility index (Phi) is 6.97. The molecule has 158 valence electrons. The molecular weight excluding hydrogens is 424 g/mol. The van der Waals surface area contributed by atoms with E-state index in [0.29, 0.717) is 10.6 Å². The molecule has 1 saturated heterocycles. The third-order valence-corrected chi connectivity index (χ3v) is 4.43. The quantitative estimate of drug-likeness (QED) is 0.444. The number of hydrazine groups is 1. The monoisotopic (exact) mass is 438 g/mol. The predicted octanol–water partition coefficient (Wildman–Crippen LogP) is -0.658. The van der Waals surface area contributed by atoms with Crippen molar-refractivity contribution in [2.75, 3.05) is 6.54 Å². The van der Waals surface area contributed by atoms with Crippen molar-refractivity contribution in [3.05, 3.63) is 34.9 Å². The standard InChI is InChI=1S/C17H15ClN4O8/c18-11-4-2-1-3-10(11)6-21-15(29)14(19-8-23)17(30,5-12(25)26)16(20-9-24)22(21)7-13(27)28/h1-4,8-9,30H,5-7H2,(H,25,26)(H,27,28). The number of hydrogen-bond donors (Lipinski definition) is 3. The molecule has 13 heteroatoms. The van der Waals surface area contributed by atoms with Gasteiger partial charge in [0.15, 0.2) is 17.1 Å². The summed E-state index contributed by atoms with van der Waals surface area (Å²) in [5.41, 5.74) is -3.42. The first-order valence-corrected chi connectivity index (χ1v) is 8.56. The van der Waals surface area contributed by atoms with E-state index in [9.17, 15) is 39.3 Å². The van der Waals surface area contributed by atoms with Crippen molar-refractivity contribution in [2.24, 2.45) is 9.98 Å². The number of rotatable bonds is 8. The van der Waals surface area contributed by atoms with Gasteiger partial charge in [-0.15, -0.1) is 0 Å². The molecule has 1 atom stereocenters. The number of halogens is 1. The second-order valence-corrected chi connectivity index (χ2v) is 6.38. The van der Waals surface area contributed by atoms with Gasteiger partial charge in [0.2, 0.25) is 12.8 Å². The van der Waals surface area contributed by atoms with E-state index >= 15 is 0 Å². The van der Waals surface area contributed by atoms with E-state index < -0.39 is 48.0 Å². The van der Waals surface area contributed by atoms with Gasteiger partial charge in [-0.05, 0) is 11.6 Å². The zero-order valence-corrected chi connectivity index (χ0v) is 15.9. The molecule has 0 aromatic heterocycles. The first kappa shape index (κ1) is 22.6. The lowest BCUT2D eigenvalue weighted by molar-refractivity contribution is -0.150. The van der Waals surface area contributed by atoms with Crippen LogP contribution in [0.4, 0.5) is 0 Å². The van der Waals surface area contributed by atoms with Crippen molar-refractivity contribution in [3.63, 3.8) is 0 Å². The van der Waals surface area contributed by atoms with Crippen LogP contribution in [0.25, 0.3) is 0 Å². The molecule has 30 heavy (non-hydrogen) atoms. The zero-order chi connectivity index (χ0) is 22.5. The normalized spacial score (nSPS) is 21.7. The zero-order valence-electron chi connectivity index (χ0n) is 15.1. The summed E-state index contributed by atoms with van der Waals surface area (Å²) in [5.74, 6) is -5.08. The second-order valence-electron chi connectivity index (χ2n) is 5.98. The number of carboxylic acid groups (broad SMARTS) is 2. The lowest BCUT2D eigenvalue weighted by atomic mass is 9.88. The Balaban J connectivity index is 2.72. The highest BCUT2D eigenvalue weighted by molar-refractivity contribution is 6.49. The Morgan fingerprint density at radius 2 is 1.70 bits per heavy atom. The average molecular weight is 439 g/mol. The van der Waals surface area contributed by atoms with E-state index in [0.717, 1.165) is 5.01 Å². The molecule has 1 aliphatic rings. The van der Waals surface area contributed by atoms with Gasteiger partial charge in [-0.3, -0.25) is 29.0 Å². The second kappa shape index (κ2) is 9.24. The minimum atomic E-state index is -2.84. The number of benzene rings is 1. The van der Waals surface area contributed by atoms with Crippen LogP contribution in [-0.2, 0) is 30.5 Å². The van der Waals surface area contributed by atoms with Crippen LogP contribution in [0.2, 0.25) is 5.02 Å². The van der Waals surface area contributed by atoms with Crippen LogP contribution in [0.5, 0.6) is 0 Å². The molecule has 1 fully saturated rings. The summed E-state index contributed by atoms with van der Waals surface area (Å²) in [6.45, 7) is -1.33. The van der Waals surface area contributed by atoms with Gasteiger partial charge in [-0.1, -0.05) is 29.8 Å². The molecule has 1 aromatic carbocycles. The van der Waals surface area contributed by atoms with Crippen LogP contribution >= 0.6 is 11.6 Å². The van der Waals surface area contributed by atoms with Crippen LogP contribution in [-0.4, -0.2) is 79.7 Å². The topological polar surface area (TPSA) is 177 Å². The van der Waals surface area contributed by atoms with Gasteiger partial charge in [0, 0.05) is 5.02 Å². The number of aliphatic imine (C=N–C) groups is 2. The fourth-order valence-corrected chi connectivity index (χ4v) is 3.09. The molecule has 0 spiro atoms. The SMILES string of the molecule is O=CN=C1C(=O)N(Cc2ccccc2Cl)N(CC(=O)O)C(=NC=O)C1(O)CC(=O)O. The predicted molar refractivity (Wildman–Crippen MR) is 101 cm³/mol. The van der Waals surface area contributed by atoms with Gasteiger partial charge in [0.05, 0.1) is 13.0 Å². The number of amidine groups is 1. The smallest absolute Gasteiger partial charge is 0.325 e. The Hall–Kier alpha value is -3.64. The van der Waals surface area contributed by atoms with E-state index in [4.69, 9.17) is 11.6 Å². The summed E-state index contributed by atoms with van der Waals surface area (Å²) in [7, 11) is 0. The van der Waals surface area contributed by atoms with Gasteiger partial charge in [0.25, 0.3) is 5.91 Å². The summed E-state index contributed by atoms with van der Waals surface area (Å²) in [4.78, 5) is 64.4. The third kappa shape index (κ3) is 4.50. The molecule has 1 unspecified atom stereocenters. The van der Waals surface area contributed by atoms with Crippen molar-refractivity contribution in [3.8, 4) is 0 Å². The Labute approximate surface area is 173 Å². The van der Waals surface area contributed by atoms with Crippen molar-refractivity contribution < 1.29 is 39.3 Å². The molecule has 3 N–H and O–H groups in total. The highest BCUT2D eigenvalue weighted by atomic mass is 35.5. The van der Waals surface area contributed by atoms with Crippen molar-refractivity contribution in [1.29, 1.82) is 0 Å². The van der Waals surface area contributed by atoms with E-state index in [1.54, 1.807) is 12.1 Å². The van der Waals surface area contributed by atoms with Crippen LogP contribution in [0, 0.1) is 0 Å². The maximum Gasteiger partial charge on any atom is 0.325 e. The highest BCUT2D eigenvalue weighted by Crippen LogP contribution is 2.29. The van der Waals surface area contributed by atoms with Gasteiger partial charge >= 0.3 is 11.9 Å². The van der Waals surface area contributed by atoms with Gasteiger partial charge in [0.1, 0.15) is 6.54 Å². The number of nitrogens with zero attached hydrogens (tertiary/aromatic N) is 4. The number of carboxylic acids is 2. The number of hydrogen-bond acceptors (Lipinski definition) is 6. The number of carbonyl (C=O) groups excluding carboxylic acids is 3. The summed E-state index contributed by atoms with van der Waals surface area (Å²) >= 11 is 6.09. The number of aliphatic hydroxyl groups is 1. The van der Waals surface area contributed by atoms with Gasteiger partial charge < -0.3 is 15.3 Å². The van der Waals surface area contributed by atoms with E-state index in [-0.39, 0.29) is 24.4 Å². The Bertz CT molecular complexity index is 963. The fourth-order valence-electron chi connectivity index (χ4n) is 2.90.